The Morgan fingerprint density at radius 3 is 2.61 bits per heavy atom. The van der Waals surface area contributed by atoms with E-state index in [1.165, 1.54) is 4.90 Å². The van der Waals surface area contributed by atoms with Gasteiger partial charge in [-0.15, -0.1) is 0 Å². The summed E-state index contributed by atoms with van der Waals surface area (Å²) in [7, 11) is 0. The van der Waals surface area contributed by atoms with E-state index in [1.54, 1.807) is 6.07 Å². The van der Waals surface area contributed by atoms with Gasteiger partial charge in [0.25, 0.3) is 0 Å². The first-order chi connectivity index (χ1) is 10.7. The molecule has 1 saturated heterocycles. The van der Waals surface area contributed by atoms with Crippen molar-refractivity contribution in [3.63, 3.8) is 0 Å². The Kier molecular flexibility index (Phi) is 5.09. The van der Waals surface area contributed by atoms with Crippen molar-refractivity contribution in [1.82, 2.24) is 4.90 Å². The van der Waals surface area contributed by atoms with Gasteiger partial charge in [-0.1, -0.05) is 18.2 Å². The van der Waals surface area contributed by atoms with Gasteiger partial charge in [-0.25, -0.2) is 4.79 Å². The largest absolute Gasteiger partial charge is 0.444 e. The van der Waals surface area contributed by atoms with Crippen LogP contribution in [0.3, 0.4) is 0 Å². The van der Waals surface area contributed by atoms with Crippen LogP contribution in [0.2, 0.25) is 0 Å². The zero-order valence-corrected chi connectivity index (χ0v) is 14.5. The first-order valence-corrected chi connectivity index (χ1v) is 7.88. The molecule has 1 aliphatic heterocycles. The zero-order valence-electron chi connectivity index (χ0n) is 14.5. The number of carbonyl (C=O) groups excluding carboxylic acids is 2. The van der Waals surface area contributed by atoms with Gasteiger partial charge in [-0.2, -0.15) is 0 Å². The number of carbonyl (C=O) groups is 2. The zero-order chi connectivity index (χ0) is 17.2. The van der Waals surface area contributed by atoms with E-state index < -0.39 is 17.7 Å². The van der Waals surface area contributed by atoms with Gasteiger partial charge in [0, 0.05) is 12.1 Å². The maximum Gasteiger partial charge on any atom is 0.411 e. The highest BCUT2D eigenvalue weighted by Crippen LogP contribution is 2.21. The van der Waals surface area contributed by atoms with Crippen LogP contribution in [-0.2, 0) is 9.47 Å². The third kappa shape index (κ3) is 4.10. The topological polar surface area (TPSA) is 55.8 Å². The smallest absolute Gasteiger partial charge is 0.411 e. The number of ketones is 1. The van der Waals surface area contributed by atoms with Gasteiger partial charge in [0.2, 0.25) is 0 Å². The van der Waals surface area contributed by atoms with Gasteiger partial charge < -0.3 is 9.47 Å². The third-order valence-corrected chi connectivity index (χ3v) is 3.93. The molecule has 23 heavy (non-hydrogen) atoms. The molecular formula is C18H25NO4. The number of hydrogen-bond acceptors (Lipinski definition) is 4. The SMILES string of the molecule is Cc1cccc(C(=O)C2COCCN2C(=O)OC(C)(C)C)c1C. The first-order valence-electron chi connectivity index (χ1n) is 7.88. The Bertz CT molecular complexity index is 604. The molecule has 0 aliphatic carbocycles. The molecule has 0 radical (unpaired) electrons. The summed E-state index contributed by atoms with van der Waals surface area (Å²) in [4.78, 5) is 26.8. The molecule has 1 aromatic rings. The number of rotatable bonds is 2. The summed E-state index contributed by atoms with van der Waals surface area (Å²) in [6.45, 7) is 10.3. The molecule has 1 amide bonds. The average Bonchev–Trinajstić information content (AvgIpc) is 2.47. The molecule has 0 saturated carbocycles. The fourth-order valence-corrected chi connectivity index (χ4v) is 2.56. The van der Waals surface area contributed by atoms with Crippen LogP contribution in [0.5, 0.6) is 0 Å². The first kappa shape index (κ1) is 17.5. The van der Waals surface area contributed by atoms with Crippen molar-refractivity contribution in [3.05, 3.63) is 34.9 Å². The molecule has 2 rings (SSSR count). The van der Waals surface area contributed by atoms with E-state index in [0.29, 0.717) is 18.7 Å². The molecule has 5 heteroatoms. The highest BCUT2D eigenvalue weighted by molar-refractivity contribution is 6.03. The molecule has 1 aliphatic rings. The Morgan fingerprint density at radius 1 is 1.26 bits per heavy atom. The second-order valence-electron chi connectivity index (χ2n) is 6.88. The molecule has 126 valence electrons. The summed E-state index contributed by atoms with van der Waals surface area (Å²) in [6.07, 6.45) is -0.468. The number of amides is 1. The molecule has 1 aromatic carbocycles. The summed E-state index contributed by atoms with van der Waals surface area (Å²) in [5, 5.41) is 0. The van der Waals surface area contributed by atoms with Crippen molar-refractivity contribution in [2.24, 2.45) is 0 Å². The van der Waals surface area contributed by atoms with Gasteiger partial charge in [0.15, 0.2) is 5.78 Å². The molecule has 5 nitrogen and oxygen atoms in total. The molecule has 1 atom stereocenters. The second kappa shape index (κ2) is 6.71. The van der Waals surface area contributed by atoms with Crippen LogP contribution in [0.4, 0.5) is 4.79 Å². The van der Waals surface area contributed by atoms with Crippen LogP contribution in [0.1, 0.15) is 42.3 Å². The van der Waals surface area contributed by atoms with E-state index in [4.69, 9.17) is 9.47 Å². The van der Waals surface area contributed by atoms with Crippen LogP contribution >= 0.6 is 0 Å². The molecule has 0 bridgehead atoms. The fraction of sp³-hybridized carbons (Fsp3) is 0.556. The summed E-state index contributed by atoms with van der Waals surface area (Å²) >= 11 is 0. The number of hydrogen-bond donors (Lipinski definition) is 0. The molecule has 0 aromatic heterocycles. The minimum Gasteiger partial charge on any atom is -0.444 e. The van der Waals surface area contributed by atoms with Crippen LogP contribution in [0.25, 0.3) is 0 Å². The van der Waals surface area contributed by atoms with Crippen molar-refractivity contribution >= 4 is 11.9 Å². The lowest BCUT2D eigenvalue weighted by Crippen LogP contribution is -2.53. The van der Waals surface area contributed by atoms with Crippen LogP contribution in [0, 0.1) is 13.8 Å². The summed E-state index contributed by atoms with van der Waals surface area (Å²) < 4.78 is 10.9. The quantitative estimate of drug-likeness (QED) is 0.786. The van der Waals surface area contributed by atoms with E-state index in [1.807, 2.05) is 46.8 Å². The summed E-state index contributed by atoms with van der Waals surface area (Å²) in [5.74, 6) is -0.100. The number of nitrogens with zero attached hydrogens (tertiary/aromatic N) is 1. The molecule has 1 fully saturated rings. The lowest BCUT2D eigenvalue weighted by molar-refractivity contribution is -0.0265. The second-order valence-corrected chi connectivity index (χ2v) is 6.88. The maximum atomic E-state index is 12.9. The molecule has 1 unspecified atom stereocenters. The lowest BCUT2D eigenvalue weighted by Gasteiger charge is -2.36. The number of aryl methyl sites for hydroxylation is 1. The normalized spacial score (nSPS) is 18.7. The monoisotopic (exact) mass is 319 g/mol. The van der Waals surface area contributed by atoms with E-state index in [0.717, 1.165) is 11.1 Å². The van der Waals surface area contributed by atoms with Crippen molar-refractivity contribution in [2.45, 2.75) is 46.3 Å². The molecular weight excluding hydrogens is 294 g/mol. The van der Waals surface area contributed by atoms with Gasteiger partial charge in [0.1, 0.15) is 11.6 Å². The predicted molar refractivity (Wildman–Crippen MR) is 87.8 cm³/mol. The third-order valence-electron chi connectivity index (χ3n) is 3.93. The highest BCUT2D eigenvalue weighted by atomic mass is 16.6. The lowest BCUT2D eigenvalue weighted by atomic mass is 9.95. The standard InChI is InChI=1S/C18H25NO4/c1-12-7-6-8-14(13(12)2)16(20)15-11-22-10-9-19(15)17(21)23-18(3,4)5/h6-8,15H,9-11H2,1-5H3. The van der Waals surface area contributed by atoms with Crippen LogP contribution < -0.4 is 0 Å². The summed E-state index contributed by atoms with van der Waals surface area (Å²) in [6, 6.07) is 4.98. The fourth-order valence-electron chi connectivity index (χ4n) is 2.56. The van der Waals surface area contributed by atoms with Gasteiger partial charge in [0.05, 0.1) is 13.2 Å². The van der Waals surface area contributed by atoms with Crippen LogP contribution in [0.15, 0.2) is 18.2 Å². The maximum absolute atomic E-state index is 12.9. The Hall–Kier alpha value is -1.88. The number of Topliss-reactive ketones (excluding diaryl/α,β-unsaturated/α-hetero) is 1. The predicted octanol–water partition coefficient (Wildman–Crippen LogP) is 3.12. The Labute approximate surface area is 137 Å². The Balaban J connectivity index is 2.25. The van der Waals surface area contributed by atoms with Gasteiger partial charge in [-0.05, 0) is 45.7 Å². The van der Waals surface area contributed by atoms with E-state index in [-0.39, 0.29) is 12.4 Å². The van der Waals surface area contributed by atoms with Crippen molar-refractivity contribution in [2.75, 3.05) is 19.8 Å². The molecule has 1 heterocycles. The highest BCUT2D eigenvalue weighted by Gasteiger charge is 2.36. The van der Waals surface area contributed by atoms with Crippen LogP contribution in [-0.4, -0.2) is 48.2 Å². The Morgan fingerprint density at radius 2 is 1.96 bits per heavy atom. The summed E-state index contributed by atoms with van der Waals surface area (Å²) in [5.41, 5.74) is 2.03. The van der Waals surface area contributed by atoms with Crippen molar-refractivity contribution < 1.29 is 19.1 Å². The number of morpholine rings is 1. The number of benzene rings is 1. The molecule has 0 spiro atoms. The average molecular weight is 319 g/mol. The minimum atomic E-state index is -0.640. The minimum absolute atomic E-state index is 0.100. The van der Waals surface area contributed by atoms with E-state index in [9.17, 15) is 9.59 Å². The van der Waals surface area contributed by atoms with E-state index >= 15 is 0 Å². The molecule has 0 N–H and O–H groups in total. The van der Waals surface area contributed by atoms with Gasteiger partial charge in [-0.3, -0.25) is 9.69 Å². The number of ether oxygens (including phenoxy) is 2. The van der Waals surface area contributed by atoms with Crippen molar-refractivity contribution in [3.8, 4) is 0 Å². The van der Waals surface area contributed by atoms with Gasteiger partial charge >= 0.3 is 6.09 Å². The van der Waals surface area contributed by atoms with Crippen molar-refractivity contribution in [1.29, 1.82) is 0 Å². The van der Waals surface area contributed by atoms with E-state index in [2.05, 4.69) is 0 Å².